The molecule has 0 radical (unpaired) electrons. The highest BCUT2D eigenvalue weighted by atomic mass is 32.2. The maximum absolute atomic E-state index is 12.8. The Bertz CT molecular complexity index is 682. The van der Waals surface area contributed by atoms with Gasteiger partial charge in [0.25, 0.3) is 0 Å². The summed E-state index contributed by atoms with van der Waals surface area (Å²) in [4.78, 5) is 2.42. The first-order valence-electron chi connectivity index (χ1n) is 8.71. The molecule has 1 unspecified atom stereocenters. The molecule has 0 bridgehead atoms. The summed E-state index contributed by atoms with van der Waals surface area (Å²) in [6.45, 7) is 3.51. The zero-order chi connectivity index (χ0) is 16.1. The lowest BCUT2D eigenvalue weighted by atomic mass is 9.87. The van der Waals surface area contributed by atoms with E-state index in [4.69, 9.17) is 0 Å². The van der Waals surface area contributed by atoms with Crippen molar-refractivity contribution in [2.75, 3.05) is 19.6 Å². The van der Waals surface area contributed by atoms with Gasteiger partial charge in [-0.2, -0.15) is 9.40 Å². The Morgan fingerprint density at radius 1 is 1.26 bits per heavy atom. The predicted octanol–water partition coefficient (Wildman–Crippen LogP) is 1.34. The quantitative estimate of drug-likeness (QED) is 0.831. The van der Waals surface area contributed by atoms with Gasteiger partial charge in [-0.25, -0.2) is 8.42 Å². The predicted molar refractivity (Wildman–Crippen MR) is 88.3 cm³/mol. The molecule has 4 rings (SSSR count). The van der Waals surface area contributed by atoms with E-state index in [0.717, 1.165) is 64.7 Å². The van der Waals surface area contributed by atoms with Gasteiger partial charge < -0.3 is 0 Å². The van der Waals surface area contributed by atoms with Gasteiger partial charge in [-0.15, -0.1) is 0 Å². The zero-order valence-electron chi connectivity index (χ0n) is 13.8. The van der Waals surface area contributed by atoms with Gasteiger partial charge in [-0.1, -0.05) is 0 Å². The van der Waals surface area contributed by atoms with Crippen molar-refractivity contribution in [3.8, 4) is 0 Å². The Morgan fingerprint density at radius 3 is 2.65 bits per heavy atom. The Balaban J connectivity index is 1.52. The smallest absolute Gasteiger partial charge is 0.217 e. The van der Waals surface area contributed by atoms with E-state index in [9.17, 15) is 8.42 Å². The Hall–Kier alpha value is -0.920. The number of hydrogen-bond donors (Lipinski definition) is 0. The molecule has 3 aliphatic rings. The van der Waals surface area contributed by atoms with Crippen molar-refractivity contribution < 1.29 is 8.42 Å². The van der Waals surface area contributed by atoms with Crippen LogP contribution in [-0.2, 0) is 23.6 Å². The summed E-state index contributed by atoms with van der Waals surface area (Å²) >= 11 is 0. The standard InChI is InChI=1S/C16H26N4O2S/c1-18-11-14(10-17-18)12-19-8-2-6-16(13-19)7-3-9-20(16)23(21,22)15-4-5-15/h10-11,15H,2-9,12-13H2,1H3. The first kappa shape index (κ1) is 15.6. The number of rotatable bonds is 4. The van der Waals surface area contributed by atoms with Gasteiger partial charge in [0.05, 0.1) is 11.4 Å². The molecule has 1 atom stereocenters. The van der Waals surface area contributed by atoms with Crippen LogP contribution in [-0.4, -0.2) is 57.8 Å². The second-order valence-corrected chi connectivity index (χ2v) is 9.62. The van der Waals surface area contributed by atoms with Crippen molar-refractivity contribution in [2.45, 2.75) is 55.9 Å². The third-order valence-electron chi connectivity index (χ3n) is 5.58. The van der Waals surface area contributed by atoms with E-state index in [1.54, 1.807) is 0 Å². The fraction of sp³-hybridized carbons (Fsp3) is 0.812. The minimum absolute atomic E-state index is 0.0915. The normalized spacial score (nSPS) is 30.3. The SMILES string of the molecule is Cn1cc(CN2CCCC3(CCCN3S(=O)(=O)C3CC3)C2)cn1. The molecule has 2 aliphatic heterocycles. The van der Waals surface area contributed by atoms with E-state index in [1.165, 1.54) is 5.56 Å². The number of aromatic nitrogens is 2. The average molecular weight is 338 g/mol. The van der Waals surface area contributed by atoms with Gasteiger partial charge in [0.2, 0.25) is 10.0 Å². The molecular weight excluding hydrogens is 312 g/mol. The van der Waals surface area contributed by atoms with Crippen molar-refractivity contribution in [3.05, 3.63) is 18.0 Å². The van der Waals surface area contributed by atoms with Gasteiger partial charge in [-0.3, -0.25) is 9.58 Å². The van der Waals surface area contributed by atoms with Crippen LogP contribution in [0.3, 0.4) is 0 Å². The summed E-state index contributed by atoms with van der Waals surface area (Å²) in [7, 11) is -1.14. The molecule has 1 aromatic rings. The summed E-state index contributed by atoms with van der Waals surface area (Å²) in [5.41, 5.74) is 1.06. The lowest BCUT2D eigenvalue weighted by molar-refractivity contribution is 0.0836. The second kappa shape index (κ2) is 5.57. The zero-order valence-corrected chi connectivity index (χ0v) is 14.6. The largest absolute Gasteiger partial charge is 0.297 e. The average Bonchev–Trinajstić information content (AvgIpc) is 3.19. The van der Waals surface area contributed by atoms with Crippen LogP contribution in [0.5, 0.6) is 0 Å². The highest BCUT2D eigenvalue weighted by molar-refractivity contribution is 7.90. The van der Waals surface area contributed by atoms with Crippen LogP contribution in [0.25, 0.3) is 0 Å². The topological polar surface area (TPSA) is 58.4 Å². The van der Waals surface area contributed by atoms with Crippen molar-refractivity contribution in [2.24, 2.45) is 7.05 Å². The molecule has 0 N–H and O–H groups in total. The summed E-state index contributed by atoms with van der Waals surface area (Å²) in [6.07, 6.45) is 9.79. The summed E-state index contributed by atoms with van der Waals surface area (Å²) < 4.78 is 29.4. The van der Waals surface area contributed by atoms with E-state index in [0.29, 0.717) is 0 Å². The molecule has 0 aromatic carbocycles. The number of hydrogen-bond acceptors (Lipinski definition) is 4. The fourth-order valence-electron chi connectivity index (χ4n) is 4.42. The maximum atomic E-state index is 12.8. The molecule has 3 fully saturated rings. The molecule has 6 nitrogen and oxygen atoms in total. The molecule has 128 valence electrons. The third kappa shape index (κ3) is 2.83. The number of aryl methyl sites for hydroxylation is 1. The molecule has 3 heterocycles. The lowest BCUT2D eigenvalue weighted by Gasteiger charge is -2.45. The minimum Gasteiger partial charge on any atom is -0.297 e. The van der Waals surface area contributed by atoms with Gasteiger partial charge in [0.15, 0.2) is 0 Å². The highest BCUT2D eigenvalue weighted by Crippen LogP contribution is 2.43. The van der Waals surface area contributed by atoms with Crippen LogP contribution >= 0.6 is 0 Å². The van der Waals surface area contributed by atoms with E-state index in [2.05, 4.69) is 16.2 Å². The molecule has 1 spiro atoms. The number of nitrogens with zero attached hydrogens (tertiary/aromatic N) is 4. The Labute approximate surface area is 138 Å². The van der Waals surface area contributed by atoms with Gasteiger partial charge in [0.1, 0.15) is 0 Å². The Morgan fingerprint density at radius 2 is 2.00 bits per heavy atom. The molecular formula is C16H26N4O2S. The molecule has 23 heavy (non-hydrogen) atoms. The van der Waals surface area contributed by atoms with Crippen LogP contribution in [0.15, 0.2) is 12.4 Å². The van der Waals surface area contributed by atoms with E-state index in [1.807, 2.05) is 22.2 Å². The van der Waals surface area contributed by atoms with Crippen molar-refractivity contribution in [1.29, 1.82) is 0 Å². The number of sulfonamides is 1. The second-order valence-electron chi connectivity index (χ2n) is 7.48. The van der Waals surface area contributed by atoms with E-state index >= 15 is 0 Å². The minimum atomic E-state index is -3.08. The maximum Gasteiger partial charge on any atom is 0.217 e. The molecule has 0 amide bonds. The van der Waals surface area contributed by atoms with Crippen LogP contribution in [0.1, 0.15) is 44.1 Å². The monoisotopic (exact) mass is 338 g/mol. The molecule has 1 saturated carbocycles. The van der Waals surface area contributed by atoms with Gasteiger partial charge >= 0.3 is 0 Å². The molecule has 1 aromatic heterocycles. The van der Waals surface area contributed by atoms with E-state index in [-0.39, 0.29) is 10.8 Å². The highest BCUT2D eigenvalue weighted by Gasteiger charge is 2.53. The van der Waals surface area contributed by atoms with E-state index < -0.39 is 10.0 Å². The fourth-order valence-corrected chi connectivity index (χ4v) is 6.67. The molecule has 1 aliphatic carbocycles. The Kier molecular flexibility index (Phi) is 3.77. The van der Waals surface area contributed by atoms with Gasteiger partial charge in [0, 0.05) is 44.0 Å². The van der Waals surface area contributed by atoms with Gasteiger partial charge in [-0.05, 0) is 45.1 Å². The first-order chi connectivity index (χ1) is 11.0. The van der Waals surface area contributed by atoms with Crippen molar-refractivity contribution in [1.82, 2.24) is 19.0 Å². The van der Waals surface area contributed by atoms with Crippen LogP contribution < -0.4 is 0 Å². The van der Waals surface area contributed by atoms with Crippen LogP contribution in [0.4, 0.5) is 0 Å². The summed E-state index contributed by atoms with van der Waals surface area (Å²) in [5, 5.41) is 4.15. The third-order valence-corrected chi connectivity index (χ3v) is 8.08. The van der Waals surface area contributed by atoms with Crippen molar-refractivity contribution in [3.63, 3.8) is 0 Å². The number of piperidine rings is 1. The summed E-state index contributed by atoms with van der Waals surface area (Å²) in [5.74, 6) is 0. The molecule has 2 saturated heterocycles. The molecule has 7 heteroatoms. The lowest BCUT2D eigenvalue weighted by Crippen LogP contribution is -2.57. The van der Waals surface area contributed by atoms with Crippen LogP contribution in [0.2, 0.25) is 0 Å². The first-order valence-corrected chi connectivity index (χ1v) is 10.2. The van der Waals surface area contributed by atoms with Crippen molar-refractivity contribution >= 4 is 10.0 Å². The summed E-state index contributed by atoms with van der Waals surface area (Å²) in [6, 6.07) is 0. The number of likely N-dealkylation sites (tertiary alicyclic amines) is 1. The van der Waals surface area contributed by atoms with Crippen LogP contribution in [0, 0.1) is 0 Å².